The zero-order valence-corrected chi connectivity index (χ0v) is 22.0. The topological polar surface area (TPSA) is 84.0 Å². The fourth-order valence-corrected chi connectivity index (χ4v) is 3.48. The van der Waals surface area contributed by atoms with Gasteiger partial charge in [-0.1, -0.05) is 24.3 Å². The number of carbonyl (C=O) groups is 1. The lowest BCUT2D eigenvalue weighted by atomic mass is 10.1. The molecule has 180 valence electrons. The highest BCUT2D eigenvalue weighted by atomic mass is 127. The normalized spacial score (nSPS) is 15.5. The van der Waals surface area contributed by atoms with Crippen LogP contribution in [0.5, 0.6) is 5.75 Å². The third-order valence-corrected chi connectivity index (χ3v) is 5.14. The molecule has 3 N–H and O–H groups in total. The van der Waals surface area contributed by atoms with Crippen molar-refractivity contribution in [3.05, 3.63) is 59.2 Å². The highest BCUT2D eigenvalue weighted by molar-refractivity contribution is 14.0. The zero-order chi connectivity index (χ0) is 22.8. The number of nitrogens with one attached hydrogen (secondary N) is 3. The Labute approximate surface area is 213 Å². The molecule has 0 radical (unpaired) electrons. The van der Waals surface area contributed by atoms with Crippen LogP contribution in [0.25, 0.3) is 0 Å². The SMILES string of the molecule is CCNC(=NCc1ccc(C)cc1OC1CCOC1)NCCc1ccc(NC(C)=O)cc1.I. The van der Waals surface area contributed by atoms with Crippen molar-refractivity contribution >= 4 is 41.5 Å². The molecule has 1 aliphatic heterocycles. The Morgan fingerprint density at radius 2 is 1.97 bits per heavy atom. The van der Waals surface area contributed by atoms with Crippen LogP contribution in [0.2, 0.25) is 0 Å². The minimum Gasteiger partial charge on any atom is -0.488 e. The number of ether oxygens (including phenoxy) is 2. The number of hydrogen-bond donors (Lipinski definition) is 3. The van der Waals surface area contributed by atoms with E-state index < -0.39 is 0 Å². The number of aliphatic imine (C=N–C) groups is 1. The Balaban J connectivity index is 0.00000385. The van der Waals surface area contributed by atoms with Gasteiger partial charge in [0.2, 0.25) is 5.91 Å². The quantitative estimate of drug-likeness (QED) is 0.243. The lowest BCUT2D eigenvalue weighted by molar-refractivity contribution is -0.114. The third-order valence-electron chi connectivity index (χ3n) is 5.14. The fourth-order valence-electron chi connectivity index (χ4n) is 3.48. The number of carbonyl (C=O) groups excluding carboxylic acids is 1. The first-order chi connectivity index (χ1) is 15.5. The van der Waals surface area contributed by atoms with Crippen LogP contribution in [-0.2, 0) is 22.5 Å². The summed E-state index contributed by atoms with van der Waals surface area (Å²) >= 11 is 0. The second-order valence-corrected chi connectivity index (χ2v) is 7.96. The minimum absolute atomic E-state index is 0. The molecule has 7 nitrogen and oxygen atoms in total. The smallest absolute Gasteiger partial charge is 0.221 e. The molecular formula is C25H35IN4O3. The summed E-state index contributed by atoms with van der Waals surface area (Å²) < 4.78 is 11.6. The van der Waals surface area contributed by atoms with E-state index in [9.17, 15) is 4.79 Å². The number of hydrogen-bond acceptors (Lipinski definition) is 4. The van der Waals surface area contributed by atoms with Gasteiger partial charge < -0.3 is 25.4 Å². The maximum Gasteiger partial charge on any atom is 0.221 e. The number of anilines is 1. The Hall–Kier alpha value is -2.33. The Morgan fingerprint density at radius 1 is 1.18 bits per heavy atom. The number of guanidine groups is 1. The molecule has 3 rings (SSSR count). The van der Waals surface area contributed by atoms with Gasteiger partial charge in [0.15, 0.2) is 5.96 Å². The number of benzene rings is 2. The van der Waals surface area contributed by atoms with Gasteiger partial charge in [-0.15, -0.1) is 24.0 Å². The van der Waals surface area contributed by atoms with Gasteiger partial charge in [0.25, 0.3) is 0 Å². The van der Waals surface area contributed by atoms with E-state index in [0.29, 0.717) is 13.2 Å². The molecule has 1 atom stereocenters. The molecular weight excluding hydrogens is 531 g/mol. The van der Waals surface area contributed by atoms with Crippen molar-refractivity contribution in [2.24, 2.45) is 4.99 Å². The molecule has 0 saturated carbocycles. The van der Waals surface area contributed by atoms with E-state index in [1.807, 2.05) is 24.3 Å². The molecule has 33 heavy (non-hydrogen) atoms. The Bertz CT molecular complexity index is 912. The standard InChI is InChI=1S/C25H34N4O3.HI/c1-4-26-25(27-13-11-20-6-9-22(10-7-20)29-19(3)30)28-16-21-8-5-18(2)15-24(21)32-23-12-14-31-17-23;/h5-10,15,23H,4,11-14,16-17H2,1-3H3,(H,29,30)(H2,26,27,28);1H. The third kappa shape index (κ3) is 9.21. The van der Waals surface area contributed by atoms with Crippen molar-refractivity contribution in [2.75, 3.05) is 31.6 Å². The molecule has 0 aromatic heterocycles. The largest absolute Gasteiger partial charge is 0.488 e. The van der Waals surface area contributed by atoms with Crippen LogP contribution < -0.4 is 20.7 Å². The second kappa shape index (κ2) is 14.0. The van der Waals surface area contributed by atoms with E-state index in [2.05, 4.69) is 48.0 Å². The highest BCUT2D eigenvalue weighted by Gasteiger charge is 2.18. The van der Waals surface area contributed by atoms with E-state index >= 15 is 0 Å². The second-order valence-electron chi connectivity index (χ2n) is 7.96. The molecule has 2 aromatic rings. The monoisotopic (exact) mass is 566 g/mol. The van der Waals surface area contributed by atoms with Crippen molar-refractivity contribution in [1.29, 1.82) is 0 Å². The molecule has 1 aliphatic rings. The first kappa shape index (κ1) is 26.9. The predicted molar refractivity (Wildman–Crippen MR) is 144 cm³/mol. The maximum absolute atomic E-state index is 11.1. The van der Waals surface area contributed by atoms with Gasteiger partial charge in [-0.25, -0.2) is 4.99 Å². The molecule has 0 spiro atoms. The molecule has 1 heterocycles. The summed E-state index contributed by atoms with van der Waals surface area (Å²) in [5.74, 6) is 1.60. The van der Waals surface area contributed by atoms with Crippen molar-refractivity contribution in [3.8, 4) is 5.75 Å². The molecule has 1 saturated heterocycles. The maximum atomic E-state index is 11.1. The van der Waals surface area contributed by atoms with Gasteiger partial charge in [0, 0.05) is 37.7 Å². The summed E-state index contributed by atoms with van der Waals surface area (Å²) in [5.41, 5.74) is 4.23. The fraction of sp³-hybridized carbons (Fsp3) is 0.440. The Morgan fingerprint density at radius 3 is 2.64 bits per heavy atom. The number of aryl methyl sites for hydroxylation is 1. The van der Waals surface area contributed by atoms with Crippen LogP contribution in [0.4, 0.5) is 5.69 Å². The van der Waals surface area contributed by atoms with Gasteiger partial charge in [0.1, 0.15) is 11.9 Å². The van der Waals surface area contributed by atoms with E-state index in [-0.39, 0.29) is 36.0 Å². The summed E-state index contributed by atoms with van der Waals surface area (Å²) in [6.07, 6.45) is 1.89. The molecule has 0 aliphatic carbocycles. The average molecular weight is 566 g/mol. The highest BCUT2D eigenvalue weighted by Crippen LogP contribution is 2.24. The lowest BCUT2D eigenvalue weighted by Gasteiger charge is -2.16. The van der Waals surface area contributed by atoms with Gasteiger partial charge in [-0.3, -0.25) is 4.79 Å². The molecule has 2 aromatic carbocycles. The van der Waals surface area contributed by atoms with Crippen LogP contribution in [-0.4, -0.2) is 44.3 Å². The van der Waals surface area contributed by atoms with Crippen LogP contribution in [0.3, 0.4) is 0 Å². The minimum atomic E-state index is -0.0652. The van der Waals surface area contributed by atoms with Crippen LogP contribution in [0.1, 0.15) is 37.0 Å². The lowest BCUT2D eigenvalue weighted by Crippen LogP contribution is -2.38. The number of amides is 1. The van der Waals surface area contributed by atoms with Crippen molar-refractivity contribution in [2.45, 2.75) is 46.3 Å². The van der Waals surface area contributed by atoms with Crippen molar-refractivity contribution < 1.29 is 14.3 Å². The van der Waals surface area contributed by atoms with Crippen molar-refractivity contribution in [3.63, 3.8) is 0 Å². The van der Waals surface area contributed by atoms with Crippen LogP contribution >= 0.6 is 24.0 Å². The summed E-state index contributed by atoms with van der Waals surface area (Å²) in [4.78, 5) is 15.9. The summed E-state index contributed by atoms with van der Waals surface area (Å²) in [7, 11) is 0. The summed E-state index contributed by atoms with van der Waals surface area (Å²) in [5, 5.41) is 9.49. The van der Waals surface area contributed by atoms with Gasteiger partial charge in [-0.2, -0.15) is 0 Å². The molecule has 1 unspecified atom stereocenters. The number of rotatable bonds is 9. The van der Waals surface area contributed by atoms with E-state index in [0.717, 1.165) is 55.5 Å². The van der Waals surface area contributed by atoms with Crippen molar-refractivity contribution in [1.82, 2.24) is 10.6 Å². The first-order valence-corrected chi connectivity index (χ1v) is 11.3. The first-order valence-electron chi connectivity index (χ1n) is 11.3. The Kier molecular flexibility index (Phi) is 11.5. The van der Waals surface area contributed by atoms with E-state index in [4.69, 9.17) is 14.5 Å². The predicted octanol–water partition coefficient (Wildman–Crippen LogP) is 4.04. The molecule has 8 heteroatoms. The van der Waals surface area contributed by atoms with Gasteiger partial charge in [0.05, 0.1) is 19.8 Å². The van der Waals surface area contributed by atoms with Crippen LogP contribution in [0.15, 0.2) is 47.5 Å². The number of nitrogens with zero attached hydrogens (tertiary/aromatic N) is 1. The zero-order valence-electron chi connectivity index (χ0n) is 19.6. The van der Waals surface area contributed by atoms with E-state index in [1.165, 1.54) is 18.1 Å². The summed E-state index contributed by atoms with van der Waals surface area (Å²) in [6.45, 7) is 9.10. The van der Waals surface area contributed by atoms with Gasteiger partial charge >= 0.3 is 0 Å². The molecule has 0 bridgehead atoms. The summed E-state index contributed by atoms with van der Waals surface area (Å²) in [6, 6.07) is 14.2. The number of halogens is 1. The van der Waals surface area contributed by atoms with Gasteiger partial charge in [-0.05, 0) is 49.6 Å². The van der Waals surface area contributed by atoms with Crippen LogP contribution in [0, 0.1) is 6.92 Å². The van der Waals surface area contributed by atoms with E-state index in [1.54, 1.807) is 0 Å². The molecule has 1 amide bonds. The molecule has 1 fully saturated rings. The average Bonchev–Trinajstić information content (AvgIpc) is 3.27.